The van der Waals surface area contributed by atoms with Crippen LogP contribution in [0.4, 0.5) is 11.4 Å². The molecule has 0 aliphatic carbocycles. The van der Waals surface area contributed by atoms with Crippen LogP contribution in [0.5, 0.6) is 5.75 Å². The highest BCUT2D eigenvalue weighted by Gasteiger charge is 2.38. The second-order valence-electron chi connectivity index (χ2n) is 8.14. The molecule has 0 atom stereocenters. The van der Waals surface area contributed by atoms with Crippen LogP contribution in [0.15, 0.2) is 54.2 Å². The number of carbonyl (C=O) groups excluding carboxylic acids is 3. The maximum absolute atomic E-state index is 13.3. The van der Waals surface area contributed by atoms with E-state index in [9.17, 15) is 14.4 Å². The zero-order chi connectivity index (χ0) is 24.7. The Morgan fingerprint density at radius 2 is 1.62 bits per heavy atom. The highest BCUT2D eigenvalue weighted by molar-refractivity contribution is 6.36. The highest BCUT2D eigenvalue weighted by Crippen LogP contribution is 2.31. The lowest BCUT2D eigenvalue weighted by Crippen LogP contribution is -2.34. The Balaban J connectivity index is 1.90. The summed E-state index contributed by atoms with van der Waals surface area (Å²) >= 11 is 0. The smallest absolute Gasteiger partial charge is 0.278 e. The fraction of sp³-hybridized carbons (Fsp3) is 0.346. The van der Waals surface area contributed by atoms with Crippen molar-refractivity contribution in [1.29, 1.82) is 0 Å². The zero-order valence-corrected chi connectivity index (χ0v) is 20.0. The summed E-state index contributed by atoms with van der Waals surface area (Å²) in [6.07, 6.45) is 0.599. The van der Waals surface area contributed by atoms with Gasteiger partial charge in [-0.15, -0.1) is 0 Å². The molecule has 1 aliphatic heterocycles. The number of hydrogen-bond donors (Lipinski definition) is 2. The molecule has 0 saturated carbocycles. The number of hydrogen-bond acceptors (Lipinski definition) is 6. The summed E-state index contributed by atoms with van der Waals surface area (Å²) in [4.78, 5) is 39.1. The summed E-state index contributed by atoms with van der Waals surface area (Å²) < 4.78 is 11.0. The molecule has 0 radical (unpaired) electrons. The molecule has 0 unspecified atom stereocenters. The first-order chi connectivity index (χ1) is 16.3. The minimum absolute atomic E-state index is 0.0489. The van der Waals surface area contributed by atoms with E-state index in [4.69, 9.17) is 9.47 Å². The van der Waals surface area contributed by atoms with Gasteiger partial charge in [0.1, 0.15) is 11.4 Å². The zero-order valence-electron chi connectivity index (χ0n) is 20.0. The van der Waals surface area contributed by atoms with E-state index < -0.39 is 0 Å². The predicted octanol–water partition coefficient (Wildman–Crippen LogP) is 4.05. The molecule has 3 rings (SSSR count). The molecule has 1 heterocycles. The van der Waals surface area contributed by atoms with Gasteiger partial charge in [0.25, 0.3) is 11.8 Å². The number of amides is 3. The molecule has 3 amide bonds. The second-order valence-corrected chi connectivity index (χ2v) is 8.14. The number of rotatable bonds is 11. The lowest BCUT2D eigenvalue weighted by Gasteiger charge is -2.15. The van der Waals surface area contributed by atoms with Gasteiger partial charge >= 0.3 is 0 Å². The minimum Gasteiger partial charge on any atom is -0.491 e. The van der Waals surface area contributed by atoms with Crippen molar-refractivity contribution in [3.05, 3.63) is 59.8 Å². The van der Waals surface area contributed by atoms with Crippen LogP contribution in [0.25, 0.3) is 5.57 Å². The standard InChI is InChI=1S/C26H31N3O5/c1-5-33-16-6-15-29-25(31)23(19-7-9-20(10-8-19)27-18(4)30)24(26(29)32)28-21-11-13-22(14-12-21)34-17(2)3/h7-14,17,28H,5-6,15-16H2,1-4H3,(H,27,30). The Hall–Kier alpha value is -3.65. The van der Waals surface area contributed by atoms with Crippen molar-refractivity contribution < 1.29 is 23.9 Å². The number of carbonyl (C=O) groups is 3. The molecule has 0 spiro atoms. The lowest BCUT2D eigenvalue weighted by molar-refractivity contribution is -0.137. The van der Waals surface area contributed by atoms with E-state index in [1.165, 1.54) is 11.8 Å². The first kappa shape index (κ1) is 25.0. The topological polar surface area (TPSA) is 97.0 Å². The number of benzene rings is 2. The fourth-order valence-corrected chi connectivity index (χ4v) is 3.59. The van der Waals surface area contributed by atoms with Gasteiger partial charge in [-0.2, -0.15) is 0 Å². The van der Waals surface area contributed by atoms with Crippen molar-refractivity contribution in [2.24, 2.45) is 0 Å². The SMILES string of the molecule is CCOCCCN1C(=O)C(Nc2ccc(OC(C)C)cc2)=C(c2ccc(NC(C)=O)cc2)C1=O. The molecule has 34 heavy (non-hydrogen) atoms. The molecule has 0 fully saturated rings. The third kappa shape index (κ3) is 6.23. The van der Waals surface area contributed by atoms with Crippen molar-refractivity contribution in [3.63, 3.8) is 0 Å². The van der Waals surface area contributed by atoms with Crippen LogP contribution in [0, 0.1) is 0 Å². The van der Waals surface area contributed by atoms with E-state index in [0.717, 1.165) is 5.75 Å². The maximum Gasteiger partial charge on any atom is 0.278 e. The van der Waals surface area contributed by atoms with Crippen molar-refractivity contribution in [2.45, 2.75) is 40.2 Å². The van der Waals surface area contributed by atoms with Crippen LogP contribution in [-0.4, -0.2) is 48.5 Å². The molecule has 0 bridgehead atoms. The van der Waals surface area contributed by atoms with Gasteiger partial charge in [0.2, 0.25) is 5.91 Å². The van der Waals surface area contributed by atoms with E-state index in [2.05, 4.69) is 10.6 Å². The summed E-state index contributed by atoms with van der Waals surface area (Å²) in [5.41, 5.74) is 2.36. The van der Waals surface area contributed by atoms with Crippen LogP contribution < -0.4 is 15.4 Å². The molecule has 2 N–H and O–H groups in total. The molecule has 180 valence electrons. The Bertz CT molecular complexity index is 1060. The van der Waals surface area contributed by atoms with Gasteiger partial charge < -0.3 is 20.1 Å². The lowest BCUT2D eigenvalue weighted by atomic mass is 10.0. The summed E-state index contributed by atoms with van der Waals surface area (Å²) in [6, 6.07) is 14.1. The summed E-state index contributed by atoms with van der Waals surface area (Å²) in [7, 11) is 0. The summed E-state index contributed by atoms with van der Waals surface area (Å²) in [5, 5.41) is 5.84. The molecular weight excluding hydrogens is 434 g/mol. The average molecular weight is 466 g/mol. The molecule has 8 nitrogen and oxygen atoms in total. The number of ether oxygens (including phenoxy) is 2. The van der Waals surface area contributed by atoms with Gasteiger partial charge in [0.15, 0.2) is 0 Å². The van der Waals surface area contributed by atoms with E-state index in [-0.39, 0.29) is 36.1 Å². The second kappa shape index (κ2) is 11.5. The van der Waals surface area contributed by atoms with E-state index >= 15 is 0 Å². The molecule has 2 aromatic carbocycles. The van der Waals surface area contributed by atoms with E-state index in [0.29, 0.717) is 42.1 Å². The third-order valence-electron chi connectivity index (χ3n) is 5.03. The number of nitrogens with zero attached hydrogens (tertiary/aromatic N) is 1. The Labute approximate surface area is 199 Å². The first-order valence-corrected chi connectivity index (χ1v) is 11.4. The fourth-order valence-electron chi connectivity index (χ4n) is 3.59. The third-order valence-corrected chi connectivity index (χ3v) is 5.03. The largest absolute Gasteiger partial charge is 0.491 e. The number of nitrogens with one attached hydrogen (secondary N) is 2. The molecule has 1 aliphatic rings. The minimum atomic E-state index is -0.384. The van der Waals surface area contributed by atoms with Crippen molar-refractivity contribution in [3.8, 4) is 5.75 Å². The maximum atomic E-state index is 13.3. The first-order valence-electron chi connectivity index (χ1n) is 11.4. The van der Waals surface area contributed by atoms with Gasteiger partial charge in [0, 0.05) is 38.1 Å². The molecule has 8 heteroatoms. The van der Waals surface area contributed by atoms with Crippen LogP contribution >= 0.6 is 0 Å². The van der Waals surface area contributed by atoms with Crippen molar-refractivity contribution in [1.82, 2.24) is 4.90 Å². The van der Waals surface area contributed by atoms with Gasteiger partial charge in [0.05, 0.1) is 11.7 Å². The van der Waals surface area contributed by atoms with Crippen molar-refractivity contribution in [2.75, 3.05) is 30.4 Å². The van der Waals surface area contributed by atoms with Crippen molar-refractivity contribution >= 4 is 34.7 Å². The Morgan fingerprint density at radius 3 is 2.21 bits per heavy atom. The Kier molecular flexibility index (Phi) is 8.43. The Morgan fingerprint density at radius 1 is 0.971 bits per heavy atom. The normalized spacial score (nSPS) is 13.6. The number of anilines is 2. The van der Waals surface area contributed by atoms with Crippen LogP contribution in [0.2, 0.25) is 0 Å². The monoisotopic (exact) mass is 465 g/mol. The van der Waals surface area contributed by atoms with Gasteiger partial charge in [-0.25, -0.2) is 0 Å². The molecule has 0 saturated heterocycles. The summed E-state index contributed by atoms with van der Waals surface area (Å²) in [5.74, 6) is -0.220. The predicted molar refractivity (Wildman–Crippen MR) is 131 cm³/mol. The van der Waals surface area contributed by atoms with Gasteiger partial charge in [-0.1, -0.05) is 12.1 Å². The van der Waals surface area contributed by atoms with Gasteiger partial charge in [-0.05, 0) is 69.2 Å². The van der Waals surface area contributed by atoms with Gasteiger partial charge in [-0.3, -0.25) is 19.3 Å². The van der Waals surface area contributed by atoms with E-state index in [1.54, 1.807) is 36.4 Å². The van der Waals surface area contributed by atoms with Crippen LogP contribution in [-0.2, 0) is 19.1 Å². The average Bonchev–Trinajstić information content (AvgIpc) is 3.02. The highest BCUT2D eigenvalue weighted by atomic mass is 16.5. The van der Waals surface area contributed by atoms with E-state index in [1.807, 2.05) is 32.9 Å². The quantitative estimate of drug-likeness (QED) is 0.384. The summed E-state index contributed by atoms with van der Waals surface area (Å²) in [6.45, 7) is 8.53. The molecular formula is C26H31N3O5. The number of imide groups is 1. The van der Waals surface area contributed by atoms with Crippen LogP contribution in [0.1, 0.15) is 39.7 Å². The molecule has 0 aromatic heterocycles. The molecule has 2 aromatic rings. The van der Waals surface area contributed by atoms with Crippen LogP contribution in [0.3, 0.4) is 0 Å².